The van der Waals surface area contributed by atoms with E-state index in [0.717, 1.165) is 5.39 Å². The van der Waals surface area contributed by atoms with Crippen LogP contribution in [0.5, 0.6) is 0 Å². The van der Waals surface area contributed by atoms with Crippen molar-refractivity contribution in [3.8, 4) is 0 Å². The Morgan fingerprint density at radius 1 is 1.19 bits per heavy atom. The molecule has 11 heteroatoms. The van der Waals surface area contributed by atoms with Crippen LogP contribution in [0.1, 0.15) is 64.7 Å². The maximum absolute atomic E-state index is 13.6. The fourth-order valence-corrected chi connectivity index (χ4v) is 8.46. The van der Waals surface area contributed by atoms with Crippen molar-refractivity contribution < 1.29 is 9.53 Å². The third-order valence-corrected chi connectivity index (χ3v) is 9.92. The van der Waals surface area contributed by atoms with E-state index in [1.54, 1.807) is 18.7 Å². The van der Waals surface area contributed by atoms with Gasteiger partial charge in [0.2, 0.25) is 0 Å². The van der Waals surface area contributed by atoms with Gasteiger partial charge in [0.15, 0.2) is 3.79 Å². The van der Waals surface area contributed by atoms with Crippen LogP contribution < -0.4 is 10.9 Å². The van der Waals surface area contributed by atoms with Gasteiger partial charge in [0.05, 0.1) is 18.9 Å². The van der Waals surface area contributed by atoms with E-state index in [0.29, 0.717) is 38.2 Å². The summed E-state index contributed by atoms with van der Waals surface area (Å²) in [7, 11) is 3.37. The average Bonchev–Trinajstić information content (AvgIpc) is 2.84. The molecule has 37 heavy (non-hydrogen) atoms. The van der Waals surface area contributed by atoms with Crippen molar-refractivity contribution >= 4 is 111 Å². The molecular formula is C26H30I4N4O3. The largest absolute Gasteiger partial charge is 0.373 e. The van der Waals surface area contributed by atoms with Crippen LogP contribution in [0, 0.1) is 9.49 Å². The fourth-order valence-electron chi connectivity index (χ4n) is 4.71. The van der Waals surface area contributed by atoms with Crippen LogP contribution >= 0.6 is 90.4 Å². The minimum atomic E-state index is -0.840. The second kappa shape index (κ2) is 13.5. The van der Waals surface area contributed by atoms with Gasteiger partial charge in [-0.1, -0.05) is 77.2 Å². The molecule has 1 N–H and O–H groups in total. The maximum atomic E-state index is 13.6. The molecule has 2 aromatic heterocycles. The third-order valence-electron chi connectivity index (χ3n) is 6.79. The first-order valence-corrected chi connectivity index (χ1v) is 16.5. The lowest BCUT2D eigenvalue weighted by molar-refractivity contribution is -0.110. The lowest BCUT2D eigenvalue weighted by Crippen LogP contribution is -2.41. The number of hydrogen-bond donors (Lipinski definition) is 1. The van der Waals surface area contributed by atoms with Gasteiger partial charge in [-0.3, -0.25) is 14.2 Å². The zero-order valence-corrected chi connectivity index (χ0v) is 29.9. The standard InChI is InChI=1S/C26H30I4N4O3/c1-14(2)26(37-5,11-7-10-20(27)35)19-12-18-23(31-13-32-24(18)34(4)25(19)36)33-15(3)16-8-6-9-17(21(16)28)22(29)30/h6,8-9,12-15,22H,7,10-11H2,1-5H3,(H,31,32,33)/t15-,26?/m1/s1. The summed E-state index contributed by atoms with van der Waals surface area (Å²) in [6.45, 7) is 6.20. The SMILES string of the molecule is COC(CCCC(=O)I)(c1cc2c(N[C@H](C)c3cccc(C(I)I)c3I)ncnc2n(C)c1=O)C(C)C. The first-order chi connectivity index (χ1) is 17.4. The molecule has 200 valence electrons. The number of nitrogens with zero attached hydrogens (tertiary/aromatic N) is 3. The number of methoxy groups -OCH3 is 1. The number of rotatable bonds is 11. The Labute approximate surface area is 272 Å². The highest BCUT2D eigenvalue weighted by Crippen LogP contribution is 2.39. The number of carbonyl (C=O) groups excluding carboxylic acids is 1. The van der Waals surface area contributed by atoms with Gasteiger partial charge >= 0.3 is 0 Å². The Kier molecular flexibility index (Phi) is 11.4. The van der Waals surface area contributed by atoms with Crippen molar-refractivity contribution in [1.29, 1.82) is 0 Å². The lowest BCUT2D eigenvalue weighted by Gasteiger charge is -2.37. The summed E-state index contributed by atoms with van der Waals surface area (Å²) in [5.74, 6) is 0.665. The van der Waals surface area contributed by atoms with Gasteiger partial charge in [0, 0.05) is 24.1 Å². The van der Waals surface area contributed by atoms with E-state index in [1.165, 1.54) is 21.0 Å². The van der Waals surface area contributed by atoms with Crippen molar-refractivity contribution in [2.45, 2.75) is 53.6 Å². The van der Waals surface area contributed by atoms with E-state index in [2.05, 4.69) is 108 Å². The van der Waals surface area contributed by atoms with Crippen molar-refractivity contribution in [3.05, 3.63) is 61.2 Å². The molecule has 3 rings (SSSR count). The number of ether oxygens (including phenoxy) is 1. The number of aromatic nitrogens is 3. The Hall–Kier alpha value is -0.140. The van der Waals surface area contributed by atoms with Crippen molar-refractivity contribution in [2.75, 3.05) is 12.4 Å². The van der Waals surface area contributed by atoms with Crippen LogP contribution in [0.3, 0.4) is 0 Å². The number of pyridine rings is 1. The molecule has 0 fully saturated rings. The summed E-state index contributed by atoms with van der Waals surface area (Å²) in [4.78, 5) is 34.3. The van der Waals surface area contributed by atoms with E-state index in [4.69, 9.17) is 4.74 Å². The van der Waals surface area contributed by atoms with Crippen LogP contribution in [0.25, 0.3) is 11.0 Å². The Balaban J connectivity index is 2.14. The Bertz CT molecular complexity index is 1350. The number of hydrogen-bond acceptors (Lipinski definition) is 6. The Morgan fingerprint density at radius 3 is 2.46 bits per heavy atom. The highest BCUT2D eigenvalue weighted by Gasteiger charge is 2.39. The number of benzene rings is 1. The molecule has 0 bridgehead atoms. The molecule has 0 aliphatic heterocycles. The average molecular weight is 954 g/mol. The summed E-state index contributed by atoms with van der Waals surface area (Å²) >= 11 is 9.09. The highest BCUT2D eigenvalue weighted by molar-refractivity contribution is 14.2. The zero-order valence-electron chi connectivity index (χ0n) is 21.3. The van der Waals surface area contributed by atoms with Crippen LogP contribution in [-0.2, 0) is 22.2 Å². The van der Waals surface area contributed by atoms with Crippen LogP contribution in [0.4, 0.5) is 5.82 Å². The van der Waals surface area contributed by atoms with E-state index in [9.17, 15) is 9.59 Å². The monoisotopic (exact) mass is 954 g/mol. The number of halogens is 4. The predicted octanol–water partition coefficient (Wildman–Crippen LogP) is 7.60. The topological polar surface area (TPSA) is 86.1 Å². The van der Waals surface area contributed by atoms with Crippen LogP contribution in [-0.4, -0.2) is 25.4 Å². The minimum absolute atomic E-state index is 0.00532. The van der Waals surface area contributed by atoms with Gasteiger partial charge in [-0.15, -0.1) is 0 Å². The van der Waals surface area contributed by atoms with Gasteiger partial charge in [-0.05, 0) is 88.1 Å². The van der Waals surface area contributed by atoms with Gasteiger partial charge < -0.3 is 10.1 Å². The van der Waals surface area contributed by atoms with Crippen LogP contribution in [0.15, 0.2) is 35.4 Å². The number of fused-ring (bicyclic) bond motifs is 1. The maximum Gasteiger partial charge on any atom is 0.258 e. The molecule has 7 nitrogen and oxygen atoms in total. The molecule has 1 unspecified atom stereocenters. The summed E-state index contributed by atoms with van der Waals surface area (Å²) in [6.07, 6.45) is 3.11. The predicted molar refractivity (Wildman–Crippen MR) is 183 cm³/mol. The molecule has 0 radical (unpaired) electrons. The van der Waals surface area contributed by atoms with Crippen molar-refractivity contribution in [2.24, 2.45) is 13.0 Å². The molecule has 1 aromatic carbocycles. The first-order valence-electron chi connectivity index (χ1n) is 11.9. The number of nitrogens with one attached hydrogen (secondary N) is 1. The molecule has 0 saturated heterocycles. The van der Waals surface area contributed by atoms with Crippen molar-refractivity contribution in [3.63, 3.8) is 0 Å². The smallest absolute Gasteiger partial charge is 0.258 e. The molecule has 2 atom stereocenters. The van der Waals surface area contributed by atoms with E-state index < -0.39 is 5.60 Å². The first kappa shape index (κ1) is 31.4. The summed E-state index contributed by atoms with van der Waals surface area (Å²) in [5.41, 5.74) is 2.59. The quantitative estimate of drug-likeness (QED) is 0.121. The highest BCUT2D eigenvalue weighted by atomic mass is 127. The van der Waals surface area contributed by atoms with Crippen LogP contribution in [0.2, 0.25) is 0 Å². The summed E-state index contributed by atoms with van der Waals surface area (Å²) in [6, 6.07) is 8.24. The molecule has 3 aromatic rings. The van der Waals surface area contributed by atoms with E-state index >= 15 is 0 Å². The fraction of sp³-hybridized carbons (Fsp3) is 0.462. The number of anilines is 1. The Morgan fingerprint density at radius 2 is 1.86 bits per heavy atom. The molecule has 0 amide bonds. The second-order valence-electron chi connectivity index (χ2n) is 9.26. The molecule has 2 heterocycles. The lowest BCUT2D eigenvalue weighted by atomic mass is 9.79. The number of alkyl halides is 2. The molecule has 0 aliphatic rings. The van der Waals surface area contributed by atoms with Gasteiger partial charge in [-0.2, -0.15) is 0 Å². The molecule has 0 saturated carbocycles. The minimum Gasteiger partial charge on any atom is -0.373 e. The zero-order chi connectivity index (χ0) is 27.5. The van der Waals surface area contributed by atoms with E-state index in [-0.39, 0.29) is 21.3 Å². The summed E-state index contributed by atoms with van der Waals surface area (Å²) < 4.78 is 9.37. The molecule has 0 spiro atoms. The second-order valence-corrected chi connectivity index (χ2v) is 16.4. The normalized spacial score (nSPS) is 14.2. The van der Waals surface area contributed by atoms with E-state index in [1.807, 2.05) is 42.5 Å². The number of carbonyl (C=O) groups is 1. The molecular weight excluding hydrogens is 924 g/mol. The van der Waals surface area contributed by atoms with Gasteiger partial charge in [0.25, 0.3) is 5.56 Å². The number of aryl methyl sites for hydroxylation is 1. The summed E-state index contributed by atoms with van der Waals surface area (Å²) in [5, 5.41) is 4.33. The van der Waals surface area contributed by atoms with Gasteiger partial charge in [0.1, 0.15) is 23.4 Å². The molecule has 0 aliphatic carbocycles. The van der Waals surface area contributed by atoms with Gasteiger partial charge in [-0.25, -0.2) is 9.97 Å². The van der Waals surface area contributed by atoms with Crippen molar-refractivity contribution in [1.82, 2.24) is 14.5 Å². The third kappa shape index (κ3) is 6.78.